The van der Waals surface area contributed by atoms with Gasteiger partial charge in [-0.3, -0.25) is 4.90 Å². The Balaban J connectivity index is 1.37. The molecule has 3 N–H and O–H groups in total. The predicted octanol–water partition coefficient (Wildman–Crippen LogP) is 6.31. The number of anilines is 2. The van der Waals surface area contributed by atoms with E-state index in [9.17, 15) is 4.79 Å². The number of carbonyl (C=O) groups excluding carboxylic acids is 1. The Morgan fingerprint density at radius 2 is 1.73 bits per heavy atom. The van der Waals surface area contributed by atoms with E-state index in [4.69, 9.17) is 9.72 Å². The van der Waals surface area contributed by atoms with Crippen molar-refractivity contribution in [1.82, 2.24) is 14.9 Å². The molecule has 0 saturated carbocycles. The van der Waals surface area contributed by atoms with E-state index in [1.54, 1.807) is 0 Å². The van der Waals surface area contributed by atoms with Crippen LogP contribution in [0.5, 0.6) is 0 Å². The number of fused-ring (bicyclic) bond motifs is 1. The number of H-pyrrole nitrogens is 1. The molecule has 4 aromatic rings. The number of rotatable bonds is 5. The van der Waals surface area contributed by atoms with Crippen LogP contribution in [-0.2, 0) is 16.7 Å². The van der Waals surface area contributed by atoms with Crippen molar-refractivity contribution in [2.75, 3.05) is 36.9 Å². The quantitative estimate of drug-likeness (QED) is 0.302. The highest BCUT2D eigenvalue weighted by Crippen LogP contribution is 2.33. The van der Waals surface area contributed by atoms with Crippen molar-refractivity contribution < 1.29 is 9.53 Å². The molecule has 1 aliphatic rings. The van der Waals surface area contributed by atoms with Crippen LogP contribution in [0.4, 0.5) is 16.2 Å². The number of hydrogen-bond donors (Lipinski definition) is 3. The first-order valence-electron chi connectivity index (χ1n) is 12.8. The van der Waals surface area contributed by atoms with Crippen molar-refractivity contribution in [3.05, 3.63) is 77.6 Å². The van der Waals surface area contributed by atoms with Gasteiger partial charge in [-0.2, -0.15) is 0 Å². The lowest BCUT2D eigenvalue weighted by Gasteiger charge is -2.25. The minimum Gasteiger partial charge on any atom is -0.379 e. The third-order valence-corrected chi connectivity index (χ3v) is 6.90. The van der Waals surface area contributed by atoms with Gasteiger partial charge in [-0.05, 0) is 47.1 Å². The first-order valence-corrected chi connectivity index (χ1v) is 12.8. The van der Waals surface area contributed by atoms with Gasteiger partial charge in [-0.1, -0.05) is 57.2 Å². The summed E-state index contributed by atoms with van der Waals surface area (Å²) >= 11 is 0. The Morgan fingerprint density at radius 1 is 1.00 bits per heavy atom. The molecule has 7 nitrogen and oxygen atoms in total. The minimum atomic E-state index is -0.266. The summed E-state index contributed by atoms with van der Waals surface area (Å²) < 4.78 is 5.45. The third-order valence-electron chi connectivity index (χ3n) is 6.90. The number of benzene rings is 3. The zero-order valence-corrected chi connectivity index (χ0v) is 22.0. The van der Waals surface area contributed by atoms with Crippen LogP contribution in [0.25, 0.3) is 22.2 Å². The third kappa shape index (κ3) is 5.68. The number of ether oxygens (including phenoxy) is 1. The number of nitrogens with zero attached hydrogens (tertiary/aromatic N) is 2. The maximum absolute atomic E-state index is 13.0. The highest BCUT2D eigenvalue weighted by molar-refractivity contribution is 6.09. The van der Waals surface area contributed by atoms with Crippen LogP contribution in [0.15, 0.2) is 60.8 Å². The Labute approximate surface area is 218 Å². The van der Waals surface area contributed by atoms with Gasteiger partial charge in [0.1, 0.15) is 5.82 Å². The van der Waals surface area contributed by atoms with E-state index < -0.39 is 0 Å². The number of carbonyl (C=O) groups is 1. The van der Waals surface area contributed by atoms with Crippen molar-refractivity contribution in [3.8, 4) is 11.4 Å². The summed E-state index contributed by atoms with van der Waals surface area (Å²) in [6.45, 7) is 12.7. The Bertz CT molecular complexity index is 1410. The molecule has 37 heavy (non-hydrogen) atoms. The maximum Gasteiger partial charge on any atom is 0.323 e. The monoisotopic (exact) mass is 497 g/mol. The van der Waals surface area contributed by atoms with E-state index >= 15 is 0 Å². The second-order valence-corrected chi connectivity index (χ2v) is 10.7. The number of morpholine rings is 1. The molecule has 1 saturated heterocycles. The molecule has 7 heteroatoms. The summed E-state index contributed by atoms with van der Waals surface area (Å²) in [5, 5.41) is 8.09. The minimum absolute atomic E-state index is 0.000546. The highest BCUT2D eigenvalue weighted by atomic mass is 16.5. The molecule has 0 unspecified atom stereocenters. The highest BCUT2D eigenvalue weighted by Gasteiger charge is 2.17. The van der Waals surface area contributed by atoms with E-state index in [-0.39, 0.29) is 11.4 Å². The SMILES string of the molecule is Cc1ccc(C(C)(C)C)cc1NC(=O)Nc1ccc(-c2nc(CN3CCOCC3)c[nH]2)c2ccccc12. The molecule has 1 fully saturated rings. The van der Waals surface area contributed by atoms with Crippen LogP contribution < -0.4 is 10.6 Å². The summed E-state index contributed by atoms with van der Waals surface area (Å²) in [6, 6.07) is 18.0. The molecule has 2 amide bonds. The van der Waals surface area contributed by atoms with Crippen LogP contribution in [0.3, 0.4) is 0 Å². The lowest BCUT2D eigenvalue weighted by atomic mass is 9.86. The van der Waals surface area contributed by atoms with E-state index in [1.807, 2.05) is 43.5 Å². The van der Waals surface area contributed by atoms with Gasteiger partial charge in [0.15, 0.2) is 0 Å². The van der Waals surface area contributed by atoms with Gasteiger partial charge >= 0.3 is 6.03 Å². The predicted molar refractivity (Wildman–Crippen MR) is 150 cm³/mol. The van der Waals surface area contributed by atoms with Gasteiger partial charge in [0.2, 0.25) is 0 Å². The zero-order valence-electron chi connectivity index (χ0n) is 22.0. The molecule has 3 aromatic carbocycles. The normalized spacial score (nSPS) is 14.6. The Hall–Kier alpha value is -3.68. The summed E-state index contributed by atoms with van der Waals surface area (Å²) in [4.78, 5) is 23.6. The number of aromatic amines is 1. The fourth-order valence-electron chi connectivity index (χ4n) is 4.68. The van der Waals surface area contributed by atoms with Crippen molar-refractivity contribution >= 4 is 28.2 Å². The van der Waals surface area contributed by atoms with Crippen LogP contribution in [0, 0.1) is 6.92 Å². The van der Waals surface area contributed by atoms with Gasteiger partial charge in [-0.25, -0.2) is 9.78 Å². The molecule has 1 aliphatic heterocycles. The summed E-state index contributed by atoms with van der Waals surface area (Å²) in [5.74, 6) is 0.824. The van der Waals surface area contributed by atoms with Crippen molar-refractivity contribution in [1.29, 1.82) is 0 Å². The second kappa shape index (κ2) is 10.4. The van der Waals surface area contributed by atoms with Gasteiger partial charge in [0.05, 0.1) is 24.6 Å². The molecule has 2 heterocycles. The molecule has 0 atom stereocenters. The lowest BCUT2D eigenvalue weighted by molar-refractivity contribution is 0.0337. The first-order chi connectivity index (χ1) is 17.8. The zero-order chi connectivity index (χ0) is 26.0. The molecule has 0 spiro atoms. The largest absolute Gasteiger partial charge is 0.379 e. The molecular weight excluding hydrogens is 462 g/mol. The molecule has 192 valence electrons. The fraction of sp³-hybridized carbons (Fsp3) is 0.333. The van der Waals surface area contributed by atoms with E-state index in [1.165, 1.54) is 5.56 Å². The summed E-state index contributed by atoms with van der Waals surface area (Å²) in [5.41, 5.74) is 5.78. The molecule has 1 aromatic heterocycles. The lowest BCUT2D eigenvalue weighted by Crippen LogP contribution is -2.35. The average Bonchev–Trinajstić information content (AvgIpc) is 3.33. The van der Waals surface area contributed by atoms with Crippen molar-refractivity contribution in [3.63, 3.8) is 0 Å². The standard InChI is InChI=1S/C30H35N5O2/c1-20-9-10-21(30(2,3)4)17-27(20)34-29(36)33-26-12-11-25(23-7-5-6-8-24(23)26)28-31-18-22(32-28)19-35-13-15-37-16-14-35/h5-12,17-18H,13-16,19H2,1-4H3,(H,31,32)(H2,33,34,36). The van der Waals surface area contributed by atoms with E-state index in [2.05, 4.69) is 65.6 Å². The van der Waals surface area contributed by atoms with Gasteiger partial charge < -0.3 is 20.4 Å². The second-order valence-electron chi connectivity index (χ2n) is 10.7. The van der Waals surface area contributed by atoms with Crippen LogP contribution >= 0.6 is 0 Å². The topological polar surface area (TPSA) is 82.3 Å². The summed E-state index contributed by atoms with van der Waals surface area (Å²) in [7, 11) is 0. The summed E-state index contributed by atoms with van der Waals surface area (Å²) in [6.07, 6.45) is 1.98. The number of hydrogen-bond acceptors (Lipinski definition) is 4. The smallest absolute Gasteiger partial charge is 0.323 e. The molecule has 5 rings (SSSR count). The number of imidazole rings is 1. The van der Waals surface area contributed by atoms with Crippen molar-refractivity contribution in [2.24, 2.45) is 0 Å². The maximum atomic E-state index is 13.0. The molecule has 0 radical (unpaired) electrons. The molecule has 0 bridgehead atoms. The molecule has 0 aliphatic carbocycles. The first kappa shape index (κ1) is 25.0. The van der Waals surface area contributed by atoms with Crippen LogP contribution in [0.1, 0.15) is 37.6 Å². The Kier molecular flexibility index (Phi) is 7.00. The number of aromatic nitrogens is 2. The van der Waals surface area contributed by atoms with Gasteiger partial charge in [-0.15, -0.1) is 0 Å². The van der Waals surface area contributed by atoms with Crippen LogP contribution in [0.2, 0.25) is 0 Å². The van der Waals surface area contributed by atoms with E-state index in [0.29, 0.717) is 0 Å². The van der Waals surface area contributed by atoms with Crippen molar-refractivity contribution in [2.45, 2.75) is 39.7 Å². The Morgan fingerprint density at radius 3 is 2.49 bits per heavy atom. The number of urea groups is 1. The van der Waals surface area contributed by atoms with Gasteiger partial charge in [0, 0.05) is 42.5 Å². The van der Waals surface area contributed by atoms with Gasteiger partial charge in [0.25, 0.3) is 0 Å². The number of nitrogens with one attached hydrogen (secondary N) is 3. The fourth-order valence-corrected chi connectivity index (χ4v) is 4.68. The number of aryl methyl sites for hydroxylation is 1. The average molecular weight is 498 g/mol. The van der Waals surface area contributed by atoms with Crippen LogP contribution in [-0.4, -0.2) is 47.2 Å². The number of amides is 2. The van der Waals surface area contributed by atoms with E-state index in [0.717, 1.165) is 77.6 Å². The molecular formula is C30H35N5O2.